The van der Waals surface area contributed by atoms with Gasteiger partial charge in [-0.05, 0) is 50.0 Å². The lowest BCUT2D eigenvalue weighted by Crippen LogP contribution is -2.40. The first-order valence-electron chi connectivity index (χ1n) is 9.55. The number of carbonyl (C=O) groups excluding carboxylic acids is 1. The summed E-state index contributed by atoms with van der Waals surface area (Å²) in [6.07, 6.45) is 4.06. The third kappa shape index (κ3) is 2.45. The molecule has 2 aromatic rings. The minimum Gasteiger partial charge on any atom is -0.353 e. The summed E-state index contributed by atoms with van der Waals surface area (Å²) in [5.41, 5.74) is 1.18. The van der Waals surface area contributed by atoms with Crippen molar-refractivity contribution in [3.8, 4) is 0 Å². The summed E-state index contributed by atoms with van der Waals surface area (Å²) in [5.74, 6) is -1.34. The van der Waals surface area contributed by atoms with Crippen LogP contribution in [0.4, 0.5) is 8.78 Å². The van der Waals surface area contributed by atoms with Gasteiger partial charge in [0.1, 0.15) is 11.6 Å². The molecule has 1 aromatic carbocycles. The number of halogens is 3. The maximum Gasteiger partial charge on any atom is 0.226 e. The number of aromatic nitrogens is 2. The average Bonchev–Trinajstić information content (AvgIpc) is 3.17. The van der Waals surface area contributed by atoms with Gasteiger partial charge in [0.15, 0.2) is 4.77 Å². The Labute approximate surface area is 171 Å². The molecule has 0 unspecified atom stereocenters. The van der Waals surface area contributed by atoms with Crippen LogP contribution in [0.15, 0.2) is 12.1 Å². The molecular formula is C20H20ClF2N3OS. The van der Waals surface area contributed by atoms with Gasteiger partial charge in [-0.3, -0.25) is 4.79 Å². The lowest BCUT2D eigenvalue weighted by atomic mass is 9.92. The Balaban J connectivity index is 1.50. The highest BCUT2D eigenvalue weighted by Crippen LogP contribution is 2.67. The molecule has 0 saturated heterocycles. The smallest absolute Gasteiger partial charge is 0.226 e. The van der Waals surface area contributed by atoms with Crippen LogP contribution in [-0.4, -0.2) is 21.1 Å². The predicted molar refractivity (Wildman–Crippen MR) is 104 cm³/mol. The summed E-state index contributed by atoms with van der Waals surface area (Å²) < 4.78 is 33.7. The average molecular weight is 424 g/mol. The summed E-state index contributed by atoms with van der Waals surface area (Å²) in [4.78, 5) is 12.5. The molecule has 5 rings (SSSR count). The van der Waals surface area contributed by atoms with E-state index in [0.29, 0.717) is 17.7 Å². The first-order valence-corrected chi connectivity index (χ1v) is 10.3. The van der Waals surface area contributed by atoms with E-state index in [2.05, 4.69) is 5.32 Å². The number of imidazole rings is 1. The second-order valence-corrected chi connectivity index (χ2v) is 9.04. The number of nitrogens with zero attached hydrogens (tertiary/aromatic N) is 2. The van der Waals surface area contributed by atoms with E-state index in [-0.39, 0.29) is 34.9 Å². The summed E-state index contributed by atoms with van der Waals surface area (Å²) in [6, 6.07) is 2.74. The molecule has 1 aromatic heterocycles. The molecule has 2 fully saturated rings. The van der Waals surface area contributed by atoms with Crippen LogP contribution in [0.2, 0.25) is 5.02 Å². The fourth-order valence-corrected chi connectivity index (χ4v) is 5.35. The van der Waals surface area contributed by atoms with Gasteiger partial charge in [-0.15, -0.1) is 0 Å². The maximum absolute atomic E-state index is 14.7. The van der Waals surface area contributed by atoms with Gasteiger partial charge in [0.2, 0.25) is 5.91 Å². The topological polar surface area (TPSA) is 39.0 Å². The van der Waals surface area contributed by atoms with Crippen molar-refractivity contribution in [2.75, 3.05) is 0 Å². The summed E-state index contributed by atoms with van der Waals surface area (Å²) in [5, 5.41) is 2.98. The molecule has 2 aliphatic carbocycles. The van der Waals surface area contributed by atoms with E-state index in [4.69, 9.17) is 23.8 Å². The Morgan fingerprint density at radius 1 is 1.39 bits per heavy atom. The van der Waals surface area contributed by atoms with Crippen LogP contribution in [0.1, 0.15) is 48.6 Å². The maximum atomic E-state index is 14.7. The Morgan fingerprint density at radius 2 is 2.14 bits per heavy atom. The van der Waals surface area contributed by atoms with Gasteiger partial charge < -0.3 is 14.5 Å². The molecule has 1 amide bonds. The Bertz CT molecular complexity index is 1070. The van der Waals surface area contributed by atoms with Crippen molar-refractivity contribution in [3.63, 3.8) is 0 Å². The van der Waals surface area contributed by atoms with Crippen molar-refractivity contribution >= 4 is 29.7 Å². The first kappa shape index (κ1) is 18.3. The molecule has 28 heavy (non-hydrogen) atoms. The number of fused-ring (bicyclic) bond motifs is 3. The first-order chi connectivity index (χ1) is 13.3. The Morgan fingerprint density at radius 3 is 2.82 bits per heavy atom. The molecule has 0 radical (unpaired) electrons. The van der Waals surface area contributed by atoms with Crippen LogP contribution in [-0.2, 0) is 30.2 Å². The predicted octanol–water partition coefficient (Wildman–Crippen LogP) is 4.14. The molecule has 1 N–H and O–H groups in total. The van der Waals surface area contributed by atoms with Gasteiger partial charge in [-0.25, -0.2) is 8.78 Å². The molecule has 0 bridgehead atoms. The summed E-state index contributed by atoms with van der Waals surface area (Å²) in [7, 11) is 1.85. The van der Waals surface area contributed by atoms with Gasteiger partial charge in [0, 0.05) is 47.9 Å². The lowest BCUT2D eigenvalue weighted by Gasteiger charge is -2.26. The minimum atomic E-state index is -0.686. The van der Waals surface area contributed by atoms with Crippen molar-refractivity contribution < 1.29 is 13.6 Å². The molecule has 2 saturated carbocycles. The van der Waals surface area contributed by atoms with E-state index >= 15 is 0 Å². The summed E-state index contributed by atoms with van der Waals surface area (Å²) >= 11 is 11.5. The van der Waals surface area contributed by atoms with E-state index in [1.807, 2.05) is 16.2 Å². The Hall–Kier alpha value is -1.73. The van der Waals surface area contributed by atoms with Crippen LogP contribution >= 0.6 is 23.8 Å². The quantitative estimate of drug-likeness (QED) is 0.593. The van der Waals surface area contributed by atoms with Crippen LogP contribution in [0.25, 0.3) is 0 Å². The fourth-order valence-electron chi connectivity index (χ4n) is 4.92. The molecule has 8 heteroatoms. The zero-order valence-corrected chi connectivity index (χ0v) is 17.0. The second kappa shape index (κ2) is 6.13. The highest BCUT2D eigenvalue weighted by atomic mass is 35.5. The van der Waals surface area contributed by atoms with Crippen LogP contribution < -0.4 is 5.32 Å². The number of hydrogen-bond donors (Lipinski definition) is 1. The molecule has 4 nitrogen and oxygen atoms in total. The minimum absolute atomic E-state index is 0.0260. The zero-order chi connectivity index (χ0) is 19.8. The lowest BCUT2D eigenvalue weighted by molar-refractivity contribution is -0.121. The summed E-state index contributed by atoms with van der Waals surface area (Å²) in [6.45, 7) is 0.415. The monoisotopic (exact) mass is 423 g/mol. The van der Waals surface area contributed by atoms with Gasteiger partial charge in [0.05, 0.1) is 11.4 Å². The van der Waals surface area contributed by atoms with Crippen LogP contribution in [0, 0.1) is 16.4 Å². The van der Waals surface area contributed by atoms with Crippen molar-refractivity contribution in [1.29, 1.82) is 0 Å². The number of amides is 1. The second-order valence-electron chi connectivity index (χ2n) is 8.26. The van der Waals surface area contributed by atoms with E-state index in [9.17, 15) is 13.6 Å². The van der Waals surface area contributed by atoms with E-state index in [1.165, 1.54) is 12.1 Å². The van der Waals surface area contributed by atoms with Gasteiger partial charge in [-0.1, -0.05) is 11.6 Å². The highest BCUT2D eigenvalue weighted by molar-refractivity contribution is 7.71. The third-order valence-electron chi connectivity index (χ3n) is 6.69. The standard InChI is InChI=1S/C20H20ClF2N3OS/c1-25-14(7-15(27)24-10-3-2-4-10)18-11-8-20(11,9-26(18)19(25)28)16-13(22)6-5-12(21)17(16)23/h5-6,10-11H,2-4,7-9H2,1H3,(H,24,27)/t11-,20-/m0/s1. The number of carbonyl (C=O) groups is 1. The molecule has 0 spiro atoms. The number of benzene rings is 1. The van der Waals surface area contributed by atoms with Crippen molar-refractivity contribution in [2.24, 2.45) is 7.05 Å². The number of rotatable bonds is 4. The molecule has 2 atom stereocenters. The number of hydrogen-bond acceptors (Lipinski definition) is 2. The zero-order valence-electron chi connectivity index (χ0n) is 15.4. The third-order valence-corrected chi connectivity index (χ3v) is 7.48. The van der Waals surface area contributed by atoms with Gasteiger partial charge in [-0.2, -0.15) is 0 Å². The van der Waals surface area contributed by atoms with Crippen molar-refractivity contribution in [3.05, 3.63) is 50.5 Å². The fraction of sp³-hybridized carbons (Fsp3) is 0.500. The molecular weight excluding hydrogens is 404 g/mol. The van der Waals surface area contributed by atoms with Crippen LogP contribution in [0.3, 0.4) is 0 Å². The normalized spacial score (nSPS) is 25.2. The van der Waals surface area contributed by atoms with E-state index in [0.717, 1.165) is 30.7 Å². The Kier molecular flexibility index (Phi) is 4.01. The molecule has 2 heterocycles. The SMILES string of the molecule is Cn1c(CC(=O)NC2CCC2)c2n(c1=S)C[C@@]1(c3c(F)ccc(Cl)c3F)C[C@@H]21. The van der Waals surface area contributed by atoms with E-state index < -0.39 is 17.0 Å². The van der Waals surface area contributed by atoms with Gasteiger partial charge >= 0.3 is 0 Å². The highest BCUT2D eigenvalue weighted by Gasteiger charge is 2.64. The van der Waals surface area contributed by atoms with Crippen molar-refractivity contribution in [1.82, 2.24) is 14.5 Å². The number of nitrogens with one attached hydrogen (secondary N) is 1. The van der Waals surface area contributed by atoms with Crippen molar-refractivity contribution in [2.45, 2.75) is 56.0 Å². The molecule has 1 aliphatic heterocycles. The van der Waals surface area contributed by atoms with Gasteiger partial charge in [0.25, 0.3) is 0 Å². The molecule has 148 valence electrons. The molecule has 3 aliphatic rings. The largest absolute Gasteiger partial charge is 0.353 e. The van der Waals surface area contributed by atoms with E-state index in [1.54, 1.807) is 0 Å². The van der Waals surface area contributed by atoms with Crippen LogP contribution in [0.5, 0.6) is 0 Å².